The zero-order valence-electron chi connectivity index (χ0n) is 14.5. The standard InChI is InChI=1S/C19H21BrN4O/c1-13(16-6-8-17(9-7-16)23-10-4-5-11-23)21-19(25)15(3)24-12-18(20)14(2)22-24/h4-13,15H,1-3H3,(H,21,25)/t13-,15+/m1/s1. The molecule has 0 saturated heterocycles. The van der Waals surface area contributed by atoms with Crippen LogP contribution in [0.15, 0.2) is 59.5 Å². The van der Waals surface area contributed by atoms with Crippen molar-refractivity contribution in [2.24, 2.45) is 0 Å². The second-order valence-corrected chi connectivity index (χ2v) is 6.98. The molecule has 0 aliphatic rings. The highest BCUT2D eigenvalue weighted by Gasteiger charge is 2.19. The minimum atomic E-state index is -0.369. The minimum Gasteiger partial charge on any atom is -0.348 e. The van der Waals surface area contributed by atoms with Crippen LogP contribution in [0.1, 0.15) is 37.2 Å². The van der Waals surface area contributed by atoms with Crippen LogP contribution in [0.2, 0.25) is 0 Å². The van der Waals surface area contributed by atoms with Gasteiger partial charge in [0.1, 0.15) is 6.04 Å². The number of hydrogen-bond acceptors (Lipinski definition) is 2. The van der Waals surface area contributed by atoms with Crippen LogP contribution in [0.3, 0.4) is 0 Å². The highest BCUT2D eigenvalue weighted by Crippen LogP contribution is 2.19. The lowest BCUT2D eigenvalue weighted by Gasteiger charge is -2.18. The predicted octanol–water partition coefficient (Wildman–Crippen LogP) is 4.18. The van der Waals surface area contributed by atoms with Crippen molar-refractivity contribution in [1.29, 1.82) is 0 Å². The predicted molar refractivity (Wildman–Crippen MR) is 102 cm³/mol. The lowest BCUT2D eigenvalue weighted by atomic mass is 10.1. The number of benzene rings is 1. The lowest BCUT2D eigenvalue weighted by Crippen LogP contribution is -2.33. The number of amides is 1. The van der Waals surface area contributed by atoms with E-state index in [2.05, 4.69) is 38.5 Å². The summed E-state index contributed by atoms with van der Waals surface area (Å²) in [6.45, 7) is 5.73. The van der Waals surface area contributed by atoms with Crippen molar-refractivity contribution >= 4 is 21.8 Å². The van der Waals surface area contributed by atoms with Gasteiger partial charge in [0, 0.05) is 24.3 Å². The van der Waals surface area contributed by atoms with Crippen molar-refractivity contribution < 1.29 is 4.79 Å². The normalized spacial score (nSPS) is 13.4. The fourth-order valence-electron chi connectivity index (χ4n) is 2.64. The first-order valence-electron chi connectivity index (χ1n) is 8.20. The molecule has 2 atom stereocenters. The summed E-state index contributed by atoms with van der Waals surface area (Å²) in [5, 5.41) is 7.41. The SMILES string of the molecule is Cc1nn([C@@H](C)C(=O)N[C@H](C)c2ccc(-n3cccc3)cc2)cc1Br. The molecule has 0 aliphatic carbocycles. The lowest BCUT2D eigenvalue weighted by molar-refractivity contribution is -0.124. The first-order chi connectivity index (χ1) is 12.0. The molecule has 1 aromatic carbocycles. The number of nitrogens with zero attached hydrogens (tertiary/aromatic N) is 3. The van der Waals surface area contributed by atoms with Crippen LogP contribution in [0.25, 0.3) is 5.69 Å². The van der Waals surface area contributed by atoms with Crippen molar-refractivity contribution in [1.82, 2.24) is 19.7 Å². The fourth-order valence-corrected chi connectivity index (χ4v) is 2.93. The Labute approximate surface area is 155 Å². The molecule has 2 heterocycles. The second-order valence-electron chi connectivity index (χ2n) is 6.13. The van der Waals surface area contributed by atoms with E-state index in [1.54, 1.807) is 4.68 Å². The molecule has 5 nitrogen and oxygen atoms in total. The van der Waals surface area contributed by atoms with Crippen LogP contribution in [-0.2, 0) is 4.79 Å². The zero-order valence-corrected chi connectivity index (χ0v) is 16.1. The molecule has 1 N–H and O–H groups in total. The molecule has 2 aromatic heterocycles. The van der Waals surface area contributed by atoms with Gasteiger partial charge in [-0.1, -0.05) is 12.1 Å². The molecule has 3 rings (SSSR count). The van der Waals surface area contributed by atoms with E-state index in [1.165, 1.54) is 0 Å². The molecule has 0 bridgehead atoms. The summed E-state index contributed by atoms with van der Waals surface area (Å²) in [6.07, 6.45) is 5.84. The molecule has 6 heteroatoms. The molecule has 0 fully saturated rings. The van der Waals surface area contributed by atoms with Crippen molar-refractivity contribution in [2.75, 3.05) is 0 Å². The van der Waals surface area contributed by atoms with E-state index in [0.717, 1.165) is 21.4 Å². The first-order valence-corrected chi connectivity index (χ1v) is 9.00. The number of halogens is 1. The van der Waals surface area contributed by atoms with Crippen molar-refractivity contribution in [3.05, 3.63) is 70.7 Å². The number of carbonyl (C=O) groups is 1. The van der Waals surface area contributed by atoms with Gasteiger partial charge in [-0.15, -0.1) is 0 Å². The van der Waals surface area contributed by atoms with Gasteiger partial charge in [0.05, 0.1) is 16.2 Å². The summed E-state index contributed by atoms with van der Waals surface area (Å²) < 4.78 is 4.63. The maximum absolute atomic E-state index is 12.5. The molecule has 0 unspecified atom stereocenters. The smallest absolute Gasteiger partial charge is 0.245 e. The first kappa shape index (κ1) is 17.5. The van der Waals surface area contributed by atoms with Crippen LogP contribution in [0.4, 0.5) is 0 Å². The van der Waals surface area contributed by atoms with Crippen molar-refractivity contribution in [3.63, 3.8) is 0 Å². The summed E-state index contributed by atoms with van der Waals surface area (Å²) in [5.74, 6) is -0.0583. The van der Waals surface area contributed by atoms with E-state index in [0.29, 0.717) is 0 Å². The second kappa shape index (κ2) is 7.27. The molecule has 0 aliphatic heterocycles. The molecular formula is C19H21BrN4O. The average Bonchev–Trinajstić information content (AvgIpc) is 3.25. The Bertz CT molecular complexity index is 833. The summed E-state index contributed by atoms with van der Waals surface area (Å²) in [5.41, 5.74) is 3.03. The van der Waals surface area contributed by atoms with Gasteiger partial charge in [-0.3, -0.25) is 9.48 Å². The number of nitrogens with one attached hydrogen (secondary N) is 1. The summed E-state index contributed by atoms with van der Waals surface area (Å²) in [6, 6.07) is 11.7. The summed E-state index contributed by atoms with van der Waals surface area (Å²) >= 11 is 3.43. The van der Waals surface area contributed by atoms with Crippen molar-refractivity contribution in [3.8, 4) is 5.69 Å². The Morgan fingerprint density at radius 1 is 1.16 bits per heavy atom. The van der Waals surface area contributed by atoms with E-state index in [4.69, 9.17) is 0 Å². The summed E-state index contributed by atoms with van der Waals surface area (Å²) in [4.78, 5) is 12.5. The molecule has 3 aromatic rings. The summed E-state index contributed by atoms with van der Waals surface area (Å²) in [7, 11) is 0. The van der Waals surface area contributed by atoms with Crippen LogP contribution >= 0.6 is 15.9 Å². The van der Waals surface area contributed by atoms with E-state index in [1.807, 2.05) is 68.2 Å². The third kappa shape index (κ3) is 3.85. The molecule has 130 valence electrons. The average molecular weight is 401 g/mol. The molecule has 0 radical (unpaired) electrons. The highest BCUT2D eigenvalue weighted by atomic mass is 79.9. The maximum Gasteiger partial charge on any atom is 0.245 e. The largest absolute Gasteiger partial charge is 0.348 e. The Kier molecular flexibility index (Phi) is 5.08. The quantitative estimate of drug-likeness (QED) is 0.697. The molecule has 0 spiro atoms. The van der Waals surface area contributed by atoms with E-state index in [9.17, 15) is 4.79 Å². The van der Waals surface area contributed by atoms with Gasteiger partial charge < -0.3 is 9.88 Å². The maximum atomic E-state index is 12.5. The molecule has 0 saturated carbocycles. The monoisotopic (exact) mass is 400 g/mol. The van der Waals surface area contributed by atoms with E-state index in [-0.39, 0.29) is 18.0 Å². The minimum absolute atomic E-state index is 0.0583. The topological polar surface area (TPSA) is 51.9 Å². The Hall–Kier alpha value is -2.34. The number of hydrogen-bond donors (Lipinski definition) is 1. The number of rotatable bonds is 5. The number of aryl methyl sites for hydroxylation is 1. The highest BCUT2D eigenvalue weighted by molar-refractivity contribution is 9.10. The van der Waals surface area contributed by atoms with Gasteiger partial charge >= 0.3 is 0 Å². The van der Waals surface area contributed by atoms with Gasteiger partial charge in [-0.2, -0.15) is 5.10 Å². The van der Waals surface area contributed by atoms with Gasteiger partial charge in [-0.05, 0) is 66.5 Å². The van der Waals surface area contributed by atoms with Crippen molar-refractivity contribution in [2.45, 2.75) is 32.9 Å². The third-order valence-corrected chi connectivity index (χ3v) is 5.07. The molecular weight excluding hydrogens is 380 g/mol. The van der Waals surface area contributed by atoms with Crippen LogP contribution in [-0.4, -0.2) is 20.3 Å². The van der Waals surface area contributed by atoms with Gasteiger partial charge in [-0.25, -0.2) is 0 Å². The fraction of sp³-hybridized carbons (Fsp3) is 0.263. The molecule has 25 heavy (non-hydrogen) atoms. The Morgan fingerprint density at radius 2 is 1.80 bits per heavy atom. The number of aromatic nitrogens is 3. The zero-order chi connectivity index (χ0) is 18.0. The Balaban J connectivity index is 1.66. The van der Waals surface area contributed by atoms with Gasteiger partial charge in [0.15, 0.2) is 0 Å². The molecule has 1 amide bonds. The van der Waals surface area contributed by atoms with Crippen LogP contribution < -0.4 is 5.32 Å². The number of carbonyl (C=O) groups excluding carboxylic acids is 1. The van der Waals surface area contributed by atoms with Crippen LogP contribution in [0, 0.1) is 6.92 Å². The van der Waals surface area contributed by atoms with E-state index >= 15 is 0 Å². The Morgan fingerprint density at radius 3 is 2.36 bits per heavy atom. The van der Waals surface area contributed by atoms with Crippen LogP contribution in [0.5, 0.6) is 0 Å². The third-order valence-electron chi connectivity index (χ3n) is 4.29. The van der Waals surface area contributed by atoms with E-state index < -0.39 is 0 Å². The van der Waals surface area contributed by atoms with Gasteiger partial charge in [0.2, 0.25) is 5.91 Å². The van der Waals surface area contributed by atoms with Gasteiger partial charge in [0.25, 0.3) is 0 Å².